The van der Waals surface area contributed by atoms with Gasteiger partial charge in [-0.3, -0.25) is 0 Å². The van der Waals surface area contributed by atoms with E-state index in [9.17, 15) is 15.8 Å². The second-order valence-electron chi connectivity index (χ2n) is 8.58. The van der Waals surface area contributed by atoms with Crippen molar-refractivity contribution < 1.29 is 9.47 Å². The number of hydrogen-bond donors (Lipinski definition) is 1. The van der Waals surface area contributed by atoms with Crippen LogP contribution in [0.3, 0.4) is 0 Å². The third kappa shape index (κ3) is 3.75. The molecule has 0 aromatic heterocycles. The number of nitrogens with zero attached hydrogens (tertiary/aromatic N) is 4. The number of rotatable bonds is 5. The summed E-state index contributed by atoms with van der Waals surface area (Å²) < 4.78 is 11.6. The van der Waals surface area contributed by atoms with Crippen LogP contribution < -0.4 is 15.2 Å². The van der Waals surface area contributed by atoms with Gasteiger partial charge in [0.15, 0.2) is 16.9 Å². The van der Waals surface area contributed by atoms with E-state index in [1.165, 1.54) is 0 Å². The first-order valence-electron chi connectivity index (χ1n) is 11.0. The van der Waals surface area contributed by atoms with Crippen molar-refractivity contribution in [2.75, 3.05) is 27.2 Å². The van der Waals surface area contributed by atoms with Gasteiger partial charge in [-0.15, -0.1) is 0 Å². The first-order chi connectivity index (χ1) is 16.5. The van der Waals surface area contributed by atoms with Crippen molar-refractivity contribution in [3.05, 3.63) is 82.6 Å². The lowest BCUT2D eigenvalue weighted by atomic mass is 9.58. The zero-order valence-electron chi connectivity index (χ0n) is 19.2. The van der Waals surface area contributed by atoms with Crippen molar-refractivity contribution in [2.24, 2.45) is 17.1 Å². The normalized spacial score (nSPS) is 21.3. The summed E-state index contributed by atoms with van der Waals surface area (Å²) in [6, 6.07) is 21.7. The Hall–Kier alpha value is -4.25. The molecule has 0 amide bonds. The molecule has 0 saturated heterocycles. The van der Waals surface area contributed by atoms with Gasteiger partial charge in [0.1, 0.15) is 12.7 Å². The Morgan fingerprint density at radius 2 is 1.82 bits per heavy atom. The number of nitrogens with two attached hydrogens (primary N) is 1. The molecule has 2 aliphatic rings. The molecule has 170 valence electrons. The average Bonchev–Trinajstić information content (AvgIpc) is 2.87. The van der Waals surface area contributed by atoms with Gasteiger partial charge in [-0.1, -0.05) is 42.5 Å². The van der Waals surface area contributed by atoms with Crippen LogP contribution in [0.2, 0.25) is 0 Å². The summed E-state index contributed by atoms with van der Waals surface area (Å²) in [7, 11) is 3.53. The fourth-order valence-electron chi connectivity index (χ4n) is 4.93. The molecule has 7 heteroatoms. The highest BCUT2D eigenvalue weighted by Crippen LogP contribution is 2.54. The summed E-state index contributed by atoms with van der Waals surface area (Å²) in [6.07, 6.45) is 1.97. The largest absolute Gasteiger partial charge is 0.493 e. The third-order valence-electron chi connectivity index (χ3n) is 6.63. The number of likely N-dealkylation sites (N-methyl/N-ethyl adjacent to an activating group) is 1. The minimum Gasteiger partial charge on any atom is -0.493 e. The maximum absolute atomic E-state index is 10.2. The highest BCUT2D eigenvalue weighted by Gasteiger charge is 2.54. The Bertz CT molecular complexity index is 1260. The molecule has 2 aromatic carbocycles. The summed E-state index contributed by atoms with van der Waals surface area (Å²) in [4.78, 5) is 2.10. The molecule has 1 aliphatic carbocycles. The lowest BCUT2D eigenvalue weighted by molar-refractivity contribution is 0.237. The lowest BCUT2D eigenvalue weighted by Gasteiger charge is -2.45. The zero-order valence-corrected chi connectivity index (χ0v) is 19.2. The van der Waals surface area contributed by atoms with Crippen LogP contribution in [0, 0.1) is 45.3 Å². The Morgan fingerprint density at radius 3 is 2.47 bits per heavy atom. The first kappa shape index (κ1) is 22.9. The molecule has 0 bridgehead atoms. The molecule has 7 nitrogen and oxygen atoms in total. The number of fused-ring (bicyclic) bond motifs is 1. The van der Waals surface area contributed by atoms with E-state index in [-0.39, 0.29) is 17.2 Å². The van der Waals surface area contributed by atoms with Gasteiger partial charge in [-0.2, -0.15) is 15.8 Å². The Labute approximate surface area is 199 Å². The highest BCUT2D eigenvalue weighted by molar-refractivity contribution is 5.60. The van der Waals surface area contributed by atoms with E-state index in [2.05, 4.69) is 23.1 Å². The molecular formula is C27H25N5O2. The van der Waals surface area contributed by atoms with Gasteiger partial charge in [0.2, 0.25) is 0 Å². The second-order valence-corrected chi connectivity index (χ2v) is 8.58. The lowest BCUT2D eigenvalue weighted by Crippen LogP contribution is -2.47. The number of hydrogen-bond acceptors (Lipinski definition) is 7. The van der Waals surface area contributed by atoms with E-state index in [4.69, 9.17) is 15.2 Å². The van der Waals surface area contributed by atoms with Crippen molar-refractivity contribution >= 4 is 0 Å². The van der Waals surface area contributed by atoms with Gasteiger partial charge in [-0.05, 0) is 35.9 Å². The van der Waals surface area contributed by atoms with Gasteiger partial charge in [0.05, 0.1) is 30.5 Å². The zero-order chi connectivity index (χ0) is 24.3. The molecular weight excluding hydrogens is 426 g/mol. The summed E-state index contributed by atoms with van der Waals surface area (Å²) in [6.45, 7) is 1.63. The van der Waals surface area contributed by atoms with Crippen LogP contribution in [0.1, 0.15) is 17.0 Å². The summed E-state index contributed by atoms with van der Waals surface area (Å²) >= 11 is 0. The Morgan fingerprint density at radius 1 is 1.09 bits per heavy atom. The molecule has 0 spiro atoms. The molecule has 34 heavy (non-hydrogen) atoms. The van der Waals surface area contributed by atoms with E-state index in [0.29, 0.717) is 31.2 Å². The average molecular weight is 452 g/mol. The smallest absolute Gasteiger partial charge is 0.191 e. The maximum Gasteiger partial charge on any atom is 0.191 e. The monoisotopic (exact) mass is 451 g/mol. The quantitative estimate of drug-likeness (QED) is 0.737. The van der Waals surface area contributed by atoms with Crippen molar-refractivity contribution in [1.29, 1.82) is 15.8 Å². The molecule has 1 heterocycles. The van der Waals surface area contributed by atoms with E-state index >= 15 is 0 Å². The van der Waals surface area contributed by atoms with Crippen molar-refractivity contribution in [2.45, 2.75) is 12.5 Å². The SMILES string of the molecule is COc1cc([C@@H]2[C@@H]3CN(C)CC=C3C(C#N)=C(N)C2(C#N)C#N)ccc1OCc1ccccc1. The molecule has 2 N–H and O–H groups in total. The molecule has 1 aliphatic heterocycles. The van der Waals surface area contributed by atoms with Crippen LogP contribution in [-0.2, 0) is 6.61 Å². The van der Waals surface area contributed by atoms with Crippen LogP contribution in [-0.4, -0.2) is 32.1 Å². The molecule has 0 radical (unpaired) electrons. The topological polar surface area (TPSA) is 119 Å². The van der Waals surface area contributed by atoms with Crippen molar-refractivity contribution in [3.63, 3.8) is 0 Å². The van der Waals surface area contributed by atoms with Crippen LogP contribution in [0.4, 0.5) is 0 Å². The van der Waals surface area contributed by atoms with Crippen molar-refractivity contribution in [3.8, 4) is 29.7 Å². The predicted molar refractivity (Wildman–Crippen MR) is 126 cm³/mol. The summed E-state index contributed by atoms with van der Waals surface area (Å²) in [5, 5.41) is 30.3. The maximum atomic E-state index is 10.2. The Kier molecular flexibility index (Phi) is 6.28. The fraction of sp³-hybridized carbons (Fsp3) is 0.296. The second kappa shape index (κ2) is 9.32. The third-order valence-corrected chi connectivity index (χ3v) is 6.63. The van der Waals surface area contributed by atoms with Crippen LogP contribution >= 0.6 is 0 Å². The molecule has 2 atom stereocenters. The molecule has 0 fully saturated rings. The Balaban J connectivity index is 1.80. The van der Waals surface area contributed by atoms with Gasteiger partial charge in [0.25, 0.3) is 0 Å². The predicted octanol–water partition coefficient (Wildman–Crippen LogP) is 3.63. The van der Waals surface area contributed by atoms with E-state index in [1.807, 2.05) is 55.6 Å². The van der Waals surface area contributed by atoms with Crippen LogP contribution in [0.5, 0.6) is 11.5 Å². The minimum atomic E-state index is -1.68. The standard InChI is InChI=1S/C27H25N5O2/c1-32-11-10-20-21(13-28)26(31)27(16-29,17-30)25(22(20)14-32)19-8-9-23(24(12-19)33-2)34-15-18-6-4-3-5-7-18/h3-10,12,22,25H,11,14-15,31H2,1-2H3/t22-,25-/m1/s1. The number of ether oxygens (including phenoxy) is 2. The number of benzene rings is 2. The van der Waals surface area contributed by atoms with Gasteiger partial charge < -0.3 is 20.1 Å². The van der Waals surface area contributed by atoms with Crippen molar-refractivity contribution in [1.82, 2.24) is 4.90 Å². The van der Waals surface area contributed by atoms with Crippen LogP contribution in [0.25, 0.3) is 0 Å². The highest BCUT2D eigenvalue weighted by atomic mass is 16.5. The van der Waals surface area contributed by atoms with Gasteiger partial charge in [0, 0.05) is 24.9 Å². The number of allylic oxidation sites excluding steroid dienone is 2. The van der Waals surface area contributed by atoms with E-state index in [0.717, 1.165) is 16.7 Å². The minimum absolute atomic E-state index is 0.0143. The van der Waals surface area contributed by atoms with Gasteiger partial charge in [-0.25, -0.2) is 0 Å². The molecule has 4 rings (SSSR count). The molecule has 0 saturated carbocycles. The fourth-order valence-corrected chi connectivity index (χ4v) is 4.93. The first-order valence-corrected chi connectivity index (χ1v) is 11.0. The summed E-state index contributed by atoms with van der Waals surface area (Å²) in [5.74, 6) is 0.233. The van der Waals surface area contributed by atoms with E-state index < -0.39 is 11.3 Å². The summed E-state index contributed by atoms with van der Waals surface area (Å²) in [5.41, 5.74) is 7.51. The van der Waals surface area contributed by atoms with Crippen LogP contribution in [0.15, 0.2) is 71.5 Å². The number of methoxy groups -OCH3 is 1. The van der Waals surface area contributed by atoms with Gasteiger partial charge >= 0.3 is 0 Å². The number of nitriles is 3. The molecule has 0 unspecified atom stereocenters. The molecule has 2 aromatic rings. The van der Waals surface area contributed by atoms with E-state index in [1.54, 1.807) is 13.2 Å².